The number of nitrogens with zero attached hydrogens (tertiary/aromatic N) is 1. The summed E-state index contributed by atoms with van der Waals surface area (Å²) in [6, 6.07) is 15.8. The smallest absolute Gasteiger partial charge is 0.314 e. The first-order chi connectivity index (χ1) is 16.1. The van der Waals surface area contributed by atoms with Crippen LogP contribution in [0.1, 0.15) is 6.42 Å². The van der Waals surface area contributed by atoms with Crippen LogP contribution in [0.25, 0.3) is 11.1 Å². The molecule has 0 aliphatic heterocycles. The summed E-state index contributed by atoms with van der Waals surface area (Å²) >= 11 is 5.71. The van der Waals surface area contributed by atoms with Gasteiger partial charge in [-0.3, -0.25) is 14.4 Å². The molecule has 0 saturated heterocycles. The number of rotatable bonds is 7. The molecule has 0 aliphatic carbocycles. The number of pyridine rings is 1. The van der Waals surface area contributed by atoms with Gasteiger partial charge in [0, 0.05) is 30.4 Å². The second-order valence-corrected chi connectivity index (χ2v) is 8.95. The summed E-state index contributed by atoms with van der Waals surface area (Å²) in [6.07, 6.45) is 1.25. The Balaban J connectivity index is 1.50. The van der Waals surface area contributed by atoms with Crippen LogP contribution in [0.5, 0.6) is 0 Å². The van der Waals surface area contributed by atoms with Crippen LogP contribution in [0, 0.1) is 0 Å². The number of halogens is 1. The molecule has 1 aromatic heterocycles. The molecule has 0 atom stereocenters. The van der Waals surface area contributed by atoms with Crippen molar-refractivity contribution in [2.24, 2.45) is 5.14 Å². The minimum atomic E-state index is -3.90. The average molecular weight is 502 g/mol. The van der Waals surface area contributed by atoms with Crippen molar-refractivity contribution >= 4 is 50.9 Å². The van der Waals surface area contributed by atoms with E-state index >= 15 is 0 Å². The van der Waals surface area contributed by atoms with E-state index in [0.717, 1.165) is 0 Å². The highest BCUT2D eigenvalue weighted by atomic mass is 35.5. The number of hydrogen-bond acceptors (Lipinski definition) is 6. The lowest BCUT2D eigenvalue weighted by Crippen LogP contribution is -2.37. The van der Waals surface area contributed by atoms with Crippen molar-refractivity contribution in [1.82, 2.24) is 10.3 Å². The normalized spacial score (nSPS) is 10.9. The van der Waals surface area contributed by atoms with Gasteiger partial charge in [0.25, 0.3) is 0 Å². The number of anilines is 2. The number of benzene rings is 2. The fourth-order valence-corrected chi connectivity index (χ4v) is 3.77. The lowest BCUT2D eigenvalue weighted by atomic mass is 10.1. The number of carbonyl (C=O) groups is 3. The van der Waals surface area contributed by atoms with E-state index in [4.69, 9.17) is 16.7 Å². The van der Waals surface area contributed by atoms with E-state index in [1.807, 2.05) is 0 Å². The second kappa shape index (κ2) is 10.9. The molecule has 0 aliphatic rings. The Morgan fingerprint density at radius 1 is 0.912 bits per heavy atom. The molecule has 3 amide bonds. The van der Waals surface area contributed by atoms with Crippen LogP contribution < -0.4 is 21.1 Å². The molecule has 5 N–H and O–H groups in total. The van der Waals surface area contributed by atoms with Gasteiger partial charge in [0.05, 0.1) is 9.92 Å². The summed E-state index contributed by atoms with van der Waals surface area (Å²) in [5.74, 6) is -2.07. The fraction of sp³-hybridized carbons (Fsp3) is 0.0909. The molecule has 3 rings (SSSR count). The maximum Gasteiger partial charge on any atom is 0.314 e. The van der Waals surface area contributed by atoms with Gasteiger partial charge in [-0.1, -0.05) is 41.9 Å². The van der Waals surface area contributed by atoms with Crippen molar-refractivity contribution in [2.75, 3.05) is 17.2 Å². The summed E-state index contributed by atoms with van der Waals surface area (Å²) < 4.78 is 23.6. The molecule has 12 heteroatoms. The van der Waals surface area contributed by atoms with E-state index in [2.05, 4.69) is 20.9 Å². The third-order valence-corrected chi connectivity index (χ3v) is 5.68. The molecule has 0 fully saturated rings. The Morgan fingerprint density at radius 2 is 1.62 bits per heavy atom. The monoisotopic (exact) mass is 501 g/mol. The summed E-state index contributed by atoms with van der Waals surface area (Å²) in [4.78, 5) is 39.7. The Bertz CT molecular complexity index is 1310. The Kier molecular flexibility index (Phi) is 7.95. The topological polar surface area (TPSA) is 160 Å². The van der Waals surface area contributed by atoms with Gasteiger partial charge < -0.3 is 16.0 Å². The summed E-state index contributed by atoms with van der Waals surface area (Å²) in [6.45, 7) is -0.0635. The Labute approximate surface area is 200 Å². The zero-order valence-corrected chi connectivity index (χ0v) is 19.2. The molecule has 2 aromatic carbocycles. The molecular weight excluding hydrogens is 482 g/mol. The van der Waals surface area contributed by atoms with E-state index in [1.54, 1.807) is 42.5 Å². The van der Waals surface area contributed by atoms with E-state index in [0.29, 0.717) is 21.8 Å². The van der Waals surface area contributed by atoms with Crippen molar-refractivity contribution < 1.29 is 22.8 Å². The number of aromatic nitrogens is 1. The van der Waals surface area contributed by atoms with Gasteiger partial charge in [0.2, 0.25) is 15.9 Å². The van der Waals surface area contributed by atoms with Crippen molar-refractivity contribution in [3.05, 3.63) is 71.9 Å². The molecule has 0 saturated carbocycles. The number of nitrogens with one attached hydrogen (secondary N) is 3. The van der Waals surface area contributed by atoms with Crippen LogP contribution in [-0.2, 0) is 24.4 Å². The Hall–Kier alpha value is -3.80. The van der Waals surface area contributed by atoms with Gasteiger partial charge >= 0.3 is 11.8 Å². The second-order valence-electron chi connectivity index (χ2n) is 6.99. The van der Waals surface area contributed by atoms with Gasteiger partial charge in [-0.2, -0.15) is 0 Å². The highest BCUT2D eigenvalue weighted by Crippen LogP contribution is 2.27. The largest absolute Gasteiger partial charge is 0.347 e. The molecule has 0 spiro atoms. The van der Waals surface area contributed by atoms with E-state index in [9.17, 15) is 22.8 Å². The number of amides is 3. The van der Waals surface area contributed by atoms with Crippen molar-refractivity contribution in [1.29, 1.82) is 0 Å². The number of primary sulfonamides is 1. The molecular formula is C22H20ClN5O5S. The van der Waals surface area contributed by atoms with Gasteiger partial charge in [0.15, 0.2) is 0 Å². The summed E-state index contributed by atoms with van der Waals surface area (Å²) in [5.41, 5.74) is 1.52. The first kappa shape index (κ1) is 24.8. The fourth-order valence-electron chi connectivity index (χ4n) is 2.90. The molecule has 0 bridgehead atoms. The molecule has 34 heavy (non-hydrogen) atoms. The van der Waals surface area contributed by atoms with Crippen LogP contribution in [0.3, 0.4) is 0 Å². The molecule has 0 unspecified atom stereocenters. The quantitative estimate of drug-likeness (QED) is 0.363. The predicted octanol–water partition coefficient (Wildman–Crippen LogP) is 2.13. The summed E-state index contributed by atoms with van der Waals surface area (Å²) in [5, 5.41) is 13.0. The van der Waals surface area contributed by atoms with E-state index in [-0.39, 0.29) is 23.7 Å². The van der Waals surface area contributed by atoms with Crippen LogP contribution >= 0.6 is 11.6 Å². The number of sulfonamides is 1. The zero-order valence-electron chi connectivity index (χ0n) is 17.6. The predicted molar refractivity (Wildman–Crippen MR) is 127 cm³/mol. The lowest BCUT2D eigenvalue weighted by molar-refractivity contribution is -0.136. The van der Waals surface area contributed by atoms with Crippen LogP contribution in [-0.4, -0.2) is 37.7 Å². The maximum atomic E-state index is 12.1. The third-order valence-electron chi connectivity index (χ3n) is 4.49. The van der Waals surface area contributed by atoms with Crippen molar-refractivity contribution in [2.45, 2.75) is 11.3 Å². The van der Waals surface area contributed by atoms with Gasteiger partial charge in [-0.25, -0.2) is 18.5 Å². The minimum absolute atomic E-state index is 0.00147. The van der Waals surface area contributed by atoms with E-state index in [1.165, 1.54) is 24.4 Å². The van der Waals surface area contributed by atoms with Gasteiger partial charge in [-0.05, 0) is 35.9 Å². The number of nitrogens with two attached hydrogens (primary N) is 1. The van der Waals surface area contributed by atoms with Crippen LogP contribution in [0.15, 0.2) is 71.8 Å². The molecule has 1 heterocycles. The molecule has 10 nitrogen and oxygen atoms in total. The standard InChI is InChI=1S/C22H20ClN5O5S/c23-15-7-10-19(26-13-15)28-22(31)21(30)25-12-11-20(29)27-16-8-5-14(6-9-16)17-3-1-2-4-18(17)34(24,32)33/h1-10,13H,11-12H2,(H,25,30)(H,27,29)(H2,24,32,33)(H,26,28,31). The van der Waals surface area contributed by atoms with Crippen molar-refractivity contribution in [3.63, 3.8) is 0 Å². The molecule has 176 valence electrons. The molecule has 0 radical (unpaired) electrons. The maximum absolute atomic E-state index is 12.1. The number of hydrogen-bond donors (Lipinski definition) is 4. The third kappa shape index (κ3) is 6.85. The van der Waals surface area contributed by atoms with Gasteiger partial charge in [-0.15, -0.1) is 0 Å². The first-order valence-corrected chi connectivity index (χ1v) is 11.8. The van der Waals surface area contributed by atoms with Crippen LogP contribution in [0.4, 0.5) is 11.5 Å². The van der Waals surface area contributed by atoms with Gasteiger partial charge in [0.1, 0.15) is 5.82 Å². The zero-order chi connectivity index (χ0) is 24.7. The first-order valence-electron chi connectivity index (χ1n) is 9.86. The minimum Gasteiger partial charge on any atom is -0.347 e. The Morgan fingerprint density at radius 3 is 2.26 bits per heavy atom. The van der Waals surface area contributed by atoms with Crippen molar-refractivity contribution in [3.8, 4) is 11.1 Å². The SMILES string of the molecule is NS(=O)(=O)c1ccccc1-c1ccc(NC(=O)CCNC(=O)C(=O)Nc2ccc(Cl)cn2)cc1. The van der Waals surface area contributed by atoms with E-state index < -0.39 is 27.7 Å². The highest BCUT2D eigenvalue weighted by Gasteiger charge is 2.16. The highest BCUT2D eigenvalue weighted by molar-refractivity contribution is 7.89. The summed E-state index contributed by atoms with van der Waals surface area (Å²) in [7, 11) is -3.90. The lowest BCUT2D eigenvalue weighted by Gasteiger charge is -2.10. The molecule has 3 aromatic rings. The van der Waals surface area contributed by atoms with Crippen LogP contribution in [0.2, 0.25) is 5.02 Å². The number of carbonyl (C=O) groups excluding carboxylic acids is 3. The average Bonchev–Trinajstić information content (AvgIpc) is 2.80.